The Morgan fingerprint density at radius 1 is 1.15 bits per heavy atom. The fraction of sp³-hybridized carbons (Fsp3) is 0.636. The van der Waals surface area contributed by atoms with E-state index in [1.807, 2.05) is 16.7 Å². The third-order valence-corrected chi connectivity index (χ3v) is 9.69. The van der Waals surface area contributed by atoms with Crippen LogP contribution in [0.3, 0.4) is 0 Å². The number of thioether (sulfide) groups is 1. The highest BCUT2D eigenvalue weighted by Gasteiger charge is 2.35. The van der Waals surface area contributed by atoms with Gasteiger partial charge in [-0.15, -0.1) is 11.3 Å². The molecule has 12 heteroatoms. The Bertz CT molecular complexity index is 1010. The van der Waals surface area contributed by atoms with Crippen LogP contribution in [-0.4, -0.2) is 97.8 Å². The lowest BCUT2D eigenvalue weighted by Gasteiger charge is -2.35. The first-order chi connectivity index (χ1) is 16.3. The summed E-state index contributed by atoms with van der Waals surface area (Å²) in [5.74, 6) is 1.90. The summed E-state index contributed by atoms with van der Waals surface area (Å²) in [6, 6.07) is 2.76. The van der Waals surface area contributed by atoms with Crippen molar-refractivity contribution < 1.29 is 18.0 Å². The number of amides is 2. The topological polar surface area (TPSA) is 90.0 Å². The molecule has 3 aliphatic heterocycles. The lowest BCUT2D eigenvalue weighted by Crippen LogP contribution is -2.55. The van der Waals surface area contributed by atoms with Crippen molar-refractivity contribution in [2.24, 2.45) is 0 Å². The Morgan fingerprint density at radius 2 is 1.91 bits per heavy atom. The second-order valence-electron chi connectivity index (χ2n) is 8.86. The molecule has 3 fully saturated rings. The first-order valence-electron chi connectivity index (χ1n) is 11.6. The molecule has 1 aromatic rings. The summed E-state index contributed by atoms with van der Waals surface area (Å²) >= 11 is 9.12. The zero-order valence-electron chi connectivity index (χ0n) is 19.0. The van der Waals surface area contributed by atoms with Gasteiger partial charge in [0.25, 0.3) is 0 Å². The van der Waals surface area contributed by atoms with Crippen LogP contribution in [0.1, 0.15) is 30.6 Å². The van der Waals surface area contributed by atoms with Gasteiger partial charge in [-0.25, -0.2) is 8.42 Å². The summed E-state index contributed by atoms with van der Waals surface area (Å²) in [7, 11) is -3.81. The molecule has 4 heterocycles. The predicted octanol–water partition coefficient (Wildman–Crippen LogP) is 2.32. The van der Waals surface area contributed by atoms with Crippen LogP contribution in [0.5, 0.6) is 0 Å². The molecule has 1 aromatic heterocycles. The van der Waals surface area contributed by atoms with Gasteiger partial charge in [-0.2, -0.15) is 16.5 Å². The molecule has 188 valence electrons. The van der Waals surface area contributed by atoms with Gasteiger partial charge in [0.2, 0.25) is 21.8 Å². The van der Waals surface area contributed by atoms with Crippen LogP contribution in [0.2, 0.25) is 4.34 Å². The highest BCUT2D eigenvalue weighted by Crippen LogP contribution is 2.23. The molecule has 2 amide bonds. The van der Waals surface area contributed by atoms with E-state index in [2.05, 4.69) is 9.62 Å². The van der Waals surface area contributed by atoms with Crippen molar-refractivity contribution in [1.82, 2.24) is 19.4 Å². The van der Waals surface area contributed by atoms with E-state index in [1.165, 1.54) is 22.3 Å². The van der Waals surface area contributed by atoms with E-state index in [0.29, 0.717) is 28.6 Å². The molecule has 0 bridgehead atoms. The van der Waals surface area contributed by atoms with Crippen LogP contribution in [0, 0.1) is 0 Å². The quantitative estimate of drug-likeness (QED) is 0.538. The van der Waals surface area contributed by atoms with Crippen molar-refractivity contribution in [3.8, 4) is 0 Å². The summed E-state index contributed by atoms with van der Waals surface area (Å²) in [4.78, 5) is 32.7. The van der Waals surface area contributed by atoms with Crippen LogP contribution in [0.25, 0.3) is 6.08 Å². The van der Waals surface area contributed by atoms with E-state index in [1.54, 1.807) is 12.1 Å². The minimum Gasteiger partial charge on any atom is -0.337 e. The van der Waals surface area contributed by atoms with Gasteiger partial charge in [-0.3, -0.25) is 14.5 Å². The molecular formula is C22H31ClN4O4S3. The molecule has 0 unspecified atom stereocenters. The van der Waals surface area contributed by atoms with Crippen molar-refractivity contribution in [1.29, 1.82) is 0 Å². The molecular weight excluding hydrogens is 516 g/mol. The van der Waals surface area contributed by atoms with Crippen LogP contribution >= 0.6 is 34.7 Å². The molecule has 8 nitrogen and oxygen atoms in total. The second kappa shape index (κ2) is 11.7. The number of nitrogens with one attached hydrogen (secondary N) is 1. The molecule has 0 radical (unpaired) electrons. The van der Waals surface area contributed by atoms with Crippen molar-refractivity contribution in [2.75, 3.05) is 50.8 Å². The van der Waals surface area contributed by atoms with Crippen molar-refractivity contribution in [2.45, 2.75) is 37.8 Å². The molecule has 3 aliphatic rings. The number of piperidine rings is 1. The number of nitrogens with zero attached hydrogens (tertiary/aromatic N) is 3. The van der Waals surface area contributed by atoms with Crippen LogP contribution < -0.4 is 4.72 Å². The third-order valence-electron chi connectivity index (χ3n) is 6.44. The molecule has 0 saturated carbocycles. The number of sulfonamides is 1. The number of hydrogen-bond donors (Lipinski definition) is 1. The Labute approximate surface area is 214 Å². The first kappa shape index (κ1) is 26.0. The minimum absolute atomic E-state index is 0.00689. The standard InChI is InChI=1S/C22H31ClN4O4S3/c23-20-6-5-18(33-20)7-14-34(30,31)24-19-4-2-8-26(22(19)29)16-21(28)27-9-1-3-17(27)15-25-10-12-32-13-11-25/h5-7,14,17,19,24H,1-4,8-13,15-16H2/b14-7+/t17-,19-/m0/s1. The normalized spacial score (nSPS) is 24.9. The number of carbonyl (C=O) groups excluding carboxylic acids is 2. The molecule has 2 atom stereocenters. The Morgan fingerprint density at radius 3 is 2.65 bits per heavy atom. The molecule has 0 aromatic carbocycles. The van der Waals surface area contributed by atoms with E-state index in [-0.39, 0.29) is 24.4 Å². The Hall–Kier alpha value is -1.11. The number of hydrogen-bond acceptors (Lipinski definition) is 7. The number of carbonyl (C=O) groups is 2. The highest BCUT2D eigenvalue weighted by molar-refractivity contribution is 7.99. The summed E-state index contributed by atoms with van der Waals surface area (Å²) in [6.45, 7) is 4.21. The molecule has 0 aliphatic carbocycles. The Balaban J connectivity index is 1.32. The zero-order valence-corrected chi connectivity index (χ0v) is 22.2. The number of rotatable bonds is 8. The maximum atomic E-state index is 13.1. The maximum Gasteiger partial charge on any atom is 0.242 e. The lowest BCUT2D eigenvalue weighted by molar-refractivity contribution is -0.143. The van der Waals surface area contributed by atoms with E-state index >= 15 is 0 Å². The van der Waals surface area contributed by atoms with Crippen molar-refractivity contribution in [3.63, 3.8) is 0 Å². The highest BCUT2D eigenvalue weighted by atomic mass is 35.5. The van der Waals surface area contributed by atoms with Gasteiger partial charge in [0, 0.05) is 60.6 Å². The van der Waals surface area contributed by atoms with Gasteiger partial charge in [-0.1, -0.05) is 11.6 Å². The van der Waals surface area contributed by atoms with Gasteiger partial charge in [0.05, 0.1) is 10.9 Å². The maximum absolute atomic E-state index is 13.1. The van der Waals surface area contributed by atoms with E-state index < -0.39 is 16.1 Å². The summed E-state index contributed by atoms with van der Waals surface area (Å²) in [5, 5.41) is 1.06. The monoisotopic (exact) mass is 546 g/mol. The average molecular weight is 547 g/mol. The molecule has 4 rings (SSSR count). The summed E-state index contributed by atoms with van der Waals surface area (Å²) in [6.07, 6.45) is 4.50. The largest absolute Gasteiger partial charge is 0.337 e. The van der Waals surface area contributed by atoms with Crippen LogP contribution in [0.15, 0.2) is 17.5 Å². The molecule has 34 heavy (non-hydrogen) atoms. The fourth-order valence-corrected chi connectivity index (χ4v) is 7.76. The third kappa shape index (κ3) is 6.98. The summed E-state index contributed by atoms with van der Waals surface area (Å²) in [5.41, 5.74) is 0. The van der Waals surface area contributed by atoms with Gasteiger partial charge < -0.3 is 9.80 Å². The molecule has 1 N–H and O–H groups in total. The van der Waals surface area contributed by atoms with Crippen LogP contribution in [0.4, 0.5) is 0 Å². The second-order valence-corrected chi connectivity index (χ2v) is 13.4. The zero-order chi connectivity index (χ0) is 24.1. The van der Waals surface area contributed by atoms with Crippen molar-refractivity contribution >= 4 is 62.6 Å². The lowest BCUT2D eigenvalue weighted by atomic mass is 10.1. The molecule has 0 spiro atoms. The predicted molar refractivity (Wildman–Crippen MR) is 139 cm³/mol. The number of thiophene rings is 1. The van der Waals surface area contributed by atoms with Gasteiger partial charge in [0.15, 0.2) is 0 Å². The van der Waals surface area contributed by atoms with Gasteiger partial charge in [0.1, 0.15) is 6.04 Å². The number of likely N-dealkylation sites (tertiary alicyclic amines) is 2. The SMILES string of the molecule is O=C1[C@@H](NS(=O)(=O)/C=C/c2ccc(Cl)s2)CCCN1CC(=O)N1CCC[C@H]1CN1CCSCC1. The van der Waals surface area contributed by atoms with Crippen LogP contribution in [-0.2, 0) is 19.6 Å². The first-order valence-corrected chi connectivity index (χ1v) is 15.5. The smallest absolute Gasteiger partial charge is 0.242 e. The van der Waals surface area contributed by atoms with Gasteiger partial charge in [-0.05, 0) is 43.9 Å². The average Bonchev–Trinajstić information content (AvgIpc) is 3.44. The Kier molecular flexibility index (Phi) is 8.97. The van der Waals surface area contributed by atoms with E-state index in [9.17, 15) is 18.0 Å². The van der Waals surface area contributed by atoms with E-state index in [0.717, 1.165) is 55.9 Å². The summed E-state index contributed by atoms with van der Waals surface area (Å²) < 4.78 is 28.1. The molecule has 3 saturated heterocycles. The van der Waals surface area contributed by atoms with Gasteiger partial charge >= 0.3 is 0 Å². The minimum atomic E-state index is -3.81. The van der Waals surface area contributed by atoms with E-state index in [4.69, 9.17) is 11.6 Å². The number of halogens is 1. The van der Waals surface area contributed by atoms with Crippen molar-refractivity contribution in [3.05, 3.63) is 26.8 Å². The fourth-order valence-electron chi connectivity index (χ4n) is 4.71.